The molecule has 6 aliphatic rings. The molecule has 14 nitrogen and oxygen atoms in total. The van der Waals surface area contributed by atoms with E-state index >= 15 is 0 Å². The lowest BCUT2D eigenvalue weighted by atomic mass is 9.70. The maximum Gasteiger partial charge on any atom is 0.352 e. The minimum Gasteiger partial charge on any atom is -0.477 e. The van der Waals surface area contributed by atoms with Crippen LogP contribution in [0.25, 0.3) is 0 Å². The maximum absolute atomic E-state index is 13.1. The average Bonchev–Trinajstić information content (AvgIpc) is 3.31. The maximum atomic E-state index is 13.1. The molecule has 0 aromatic carbocycles. The molecule has 1 unspecified atom stereocenters. The van der Waals surface area contributed by atoms with Crippen molar-refractivity contribution >= 4 is 59.6 Å². The van der Waals surface area contributed by atoms with Crippen molar-refractivity contribution in [3.63, 3.8) is 0 Å². The molecule has 3 amide bonds. The Balaban J connectivity index is 1.31. The van der Waals surface area contributed by atoms with Crippen LogP contribution in [0.3, 0.4) is 0 Å². The summed E-state index contributed by atoms with van der Waals surface area (Å²) in [4.78, 5) is 57.8. The van der Waals surface area contributed by atoms with Crippen molar-refractivity contribution in [3.05, 3.63) is 11.3 Å². The smallest absolute Gasteiger partial charge is 0.352 e. The third-order valence-electron chi connectivity index (χ3n) is 8.02. The van der Waals surface area contributed by atoms with Crippen LogP contribution in [0.5, 0.6) is 0 Å². The summed E-state index contributed by atoms with van der Waals surface area (Å²) in [6.45, 7) is 2.76. The van der Waals surface area contributed by atoms with Crippen molar-refractivity contribution in [2.75, 3.05) is 39.0 Å². The fourth-order valence-corrected chi connectivity index (χ4v) is 7.68. The zero-order chi connectivity index (χ0) is 26.5. The predicted octanol–water partition coefficient (Wildman–Crippen LogP) is -1.59. The summed E-state index contributed by atoms with van der Waals surface area (Å²) in [5.74, 6) is -2.35. The van der Waals surface area contributed by atoms with E-state index in [1.807, 2.05) is 0 Å². The second-order valence-corrected chi connectivity index (χ2v) is 11.9. The highest BCUT2D eigenvalue weighted by Crippen LogP contribution is 2.46. The van der Waals surface area contributed by atoms with Gasteiger partial charge in [0.05, 0.1) is 25.0 Å². The van der Waals surface area contributed by atoms with Crippen LogP contribution in [0.2, 0.25) is 0 Å². The molecule has 200 valence electrons. The van der Waals surface area contributed by atoms with E-state index in [4.69, 9.17) is 16.3 Å². The molecule has 6 rings (SSSR count). The fourth-order valence-electron chi connectivity index (χ4n) is 5.81. The Morgan fingerprint density at radius 3 is 2.54 bits per heavy atom. The van der Waals surface area contributed by atoms with Gasteiger partial charge in [-0.1, -0.05) is 5.16 Å². The summed E-state index contributed by atoms with van der Waals surface area (Å²) in [6, 6.07) is -0.924. The van der Waals surface area contributed by atoms with Gasteiger partial charge in [-0.3, -0.25) is 24.2 Å². The first-order valence-corrected chi connectivity index (χ1v) is 13.7. The number of nitrogens with zero attached hydrogens (tertiary/aromatic N) is 5. The van der Waals surface area contributed by atoms with Gasteiger partial charge in [0.15, 0.2) is 5.50 Å². The van der Waals surface area contributed by atoms with Crippen LogP contribution < -0.4 is 16.8 Å². The number of β-lactam (4-membered cyclic amide) rings is 1. The molecular weight excluding hydrogens is 524 g/mol. The summed E-state index contributed by atoms with van der Waals surface area (Å²) in [5, 5.41) is 15.9. The van der Waals surface area contributed by atoms with Crippen molar-refractivity contribution in [1.29, 1.82) is 0 Å². The number of hydrogen-bond donors (Lipinski definition) is 4. The number of primary amides is 1. The van der Waals surface area contributed by atoms with Crippen molar-refractivity contribution in [2.24, 2.45) is 26.4 Å². The van der Waals surface area contributed by atoms with E-state index in [9.17, 15) is 24.3 Å². The first kappa shape index (κ1) is 25.8. The third-order valence-corrected chi connectivity index (χ3v) is 10.0. The number of piperidine rings is 3. The van der Waals surface area contributed by atoms with Crippen molar-refractivity contribution < 1.29 is 33.6 Å². The number of carboxylic acids is 1. The number of nitrogens with two attached hydrogens (primary N) is 2. The van der Waals surface area contributed by atoms with Gasteiger partial charge in [0, 0.05) is 42.5 Å². The summed E-state index contributed by atoms with van der Waals surface area (Å²) < 4.78 is 4.64. The Bertz CT molecular complexity index is 1120. The van der Waals surface area contributed by atoms with E-state index in [1.54, 1.807) is 0 Å². The summed E-state index contributed by atoms with van der Waals surface area (Å²) in [7, 11) is 1.28. The van der Waals surface area contributed by atoms with E-state index in [0.29, 0.717) is 41.6 Å². The molecule has 0 aromatic rings. The van der Waals surface area contributed by atoms with Crippen LogP contribution in [0.1, 0.15) is 19.3 Å². The lowest BCUT2D eigenvalue weighted by molar-refractivity contribution is -0.940. The fraction of sp³-hybridized carbons (Fsp3) is 0.619. The molecule has 0 spiro atoms. The Labute approximate surface area is 221 Å². The summed E-state index contributed by atoms with van der Waals surface area (Å²) >= 11 is 2.45. The van der Waals surface area contributed by atoms with Crippen molar-refractivity contribution in [2.45, 2.75) is 36.2 Å². The number of amidine groups is 1. The van der Waals surface area contributed by atoms with E-state index < -0.39 is 40.1 Å². The number of thioether (sulfide) groups is 1. The molecule has 0 radical (unpaired) electrons. The van der Waals surface area contributed by atoms with Crippen LogP contribution in [-0.2, 0) is 24.0 Å². The lowest BCUT2D eigenvalue weighted by Gasteiger charge is -2.55. The van der Waals surface area contributed by atoms with Gasteiger partial charge in [-0.2, -0.15) is 0 Å². The molecule has 4 fully saturated rings. The van der Waals surface area contributed by atoms with Crippen molar-refractivity contribution in [3.8, 4) is 0 Å². The van der Waals surface area contributed by atoms with E-state index in [-0.39, 0.29) is 17.4 Å². The van der Waals surface area contributed by atoms with Crippen LogP contribution in [0, 0.1) is 5.41 Å². The number of carbonyl (C=O) groups excluding carboxylic acids is 3. The van der Waals surface area contributed by atoms with E-state index in [0.717, 1.165) is 31.6 Å². The SMILES string of the molecule is CON=C(C(=O)N[C@@H]1C(=O)N2C(C(=O)O)=C(C[N+]34CCC(C(N)=O)(CC3)CC4)CS[C@H]12)N1C=NSC1N. The van der Waals surface area contributed by atoms with Gasteiger partial charge in [-0.05, 0) is 0 Å². The number of fused-ring (bicyclic) bond motifs is 4. The quantitative estimate of drug-likeness (QED) is 0.0744. The second kappa shape index (κ2) is 9.49. The summed E-state index contributed by atoms with van der Waals surface area (Å²) in [6.07, 6.45) is 3.43. The third kappa shape index (κ3) is 4.24. The van der Waals surface area contributed by atoms with E-state index in [2.05, 4.69) is 14.9 Å². The van der Waals surface area contributed by atoms with Crippen LogP contribution in [0.4, 0.5) is 0 Å². The van der Waals surface area contributed by atoms with Gasteiger partial charge in [-0.25, -0.2) is 9.19 Å². The number of rotatable bonds is 6. The van der Waals surface area contributed by atoms with Gasteiger partial charge in [0.1, 0.15) is 37.1 Å². The molecule has 3 atom stereocenters. The minimum atomic E-state index is -1.17. The van der Waals surface area contributed by atoms with Crippen molar-refractivity contribution in [1.82, 2.24) is 15.1 Å². The largest absolute Gasteiger partial charge is 0.477 e. The zero-order valence-corrected chi connectivity index (χ0v) is 21.8. The highest BCUT2D eigenvalue weighted by atomic mass is 32.2. The highest BCUT2D eigenvalue weighted by molar-refractivity contribution is 8.00. The Morgan fingerprint density at radius 1 is 1.32 bits per heavy atom. The van der Waals surface area contributed by atoms with Crippen LogP contribution in [-0.4, -0.2) is 111 Å². The first-order valence-electron chi connectivity index (χ1n) is 11.8. The van der Waals surface area contributed by atoms with Crippen LogP contribution >= 0.6 is 23.7 Å². The number of quaternary nitrogens is 1. The summed E-state index contributed by atoms with van der Waals surface area (Å²) in [5.41, 5.74) is 11.2. The number of carbonyl (C=O) groups is 4. The molecule has 0 saturated carbocycles. The molecule has 2 bridgehead atoms. The van der Waals surface area contributed by atoms with E-state index in [1.165, 1.54) is 35.0 Å². The topological polar surface area (TPSA) is 193 Å². The predicted molar refractivity (Wildman–Crippen MR) is 135 cm³/mol. The molecule has 16 heteroatoms. The standard InChI is InChI=1S/C21H28N8O6S2/c1-35-26-14(27-10-24-37-20(27)23)15(30)25-12-16(31)28-13(18(32)33)11(9-36-17(12)28)8-29-5-2-21(3-6-29,4-7-29)19(22)34/h10,12,17,20H,2-9,23H2,1H3,(H3-,22,25,30,32,33,34)/p+1/t12-,17-,20?,21?,29?/m1/s1. The number of oxime groups is 1. The number of nitrogens with one attached hydrogen (secondary N) is 1. The van der Waals surface area contributed by atoms with Gasteiger partial charge < -0.3 is 31.2 Å². The highest BCUT2D eigenvalue weighted by Gasteiger charge is 2.57. The molecule has 6 heterocycles. The Morgan fingerprint density at radius 2 is 2.00 bits per heavy atom. The molecule has 4 saturated heterocycles. The van der Waals surface area contributed by atoms with Gasteiger partial charge in [0.25, 0.3) is 11.8 Å². The number of carboxylic acid groups (broad SMARTS) is 1. The number of amides is 3. The second-order valence-electron chi connectivity index (χ2n) is 9.90. The Hall–Kier alpha value is -2.82. The van der Waals surface area contributed by atoms with Gasteiger partial charge in [0.2, 0.25) is 11.7 Å². The molecule has 0 aromatic heterocycles. The van der Waals surface area contributed by atoms with Crippen LogP contribution in [0.15, 0.2) is 20.8 Å². The molecular formula is C21H29N8O6S2+. The monoisotopic (exact) mass is 553 g/mol. The van der Waals surface area contributed by atoms with Gasteiger partial charge >= 0.3 is 5.97 Å². The number of aliphatic carboxylic acids is 1. The minimum absolute atomic E-state index is 0.0139. The first-order chi connectivity index (χ1) is 17.6. The number of hydrogen-bond acceptors (Lipinski definition) is 10. The molecule has 0 aliphatic carbocycles. The molecule has 6 N–H and O–H groups in total. The molecule has 6 aliphatic heterocycles. The molecule has 37 heavy (non-hydrogen) atoms. The lowest BCUT2D eigenvalue weighted by Crippen LogP contribution is -2.72. The average molecular weight is 554 g/mol. The van der Waals surface area contributed by atoms with Gasteiger partial charge in [-0.15, -0.1) is 11.8 Å². The Kier molecular flexibility index (Phi) is 6.62. The normalized spacial score (nSPS) is 34.8. The zero-order valence-electron chi connectivity index (χ0n) is 20.2.